The van der Waals surface area contributed by atoms with Gasteiger partial charge in [0, 0.05) is 10.9 Å². The first-order chi connectivity index (χ1) is 13.2. The second kappa shape index (κ2) is 8.49. The second-order valence-corrected chi connectivity index (χ2v) is 6.72. The summed E-state index contributed by atoms with van der Waals surface area (Å²) in [4.78, 5) is 16.7. The first-order valence-corrected chi connectivity index (χ1v) is 9.29. The van der Waals surface area contributed by atoms with Gasteiger partial charge >= 0.3 is 5.97 Å². The predicted molar refractivity (Wildman–Crippen MR) is 107 cm³/mol. The first kappa shape index (κ1) is 19.3. The molecule has 5 heteroatoms. The zero-order chi connectivity index (χ0) is 19.4. The fourth-order valence-corrected chi connectivity index (χ4v) is 3.36. The molecule has 1 aliphatic rings. The third kappa shape index (κ3) is 4.11. The van der Waals surface area contributed by atoms with Gasteiger partial charge in [-0.15, -0.1) is 0 Å². The van der Waals surface area contributed by atoms with E-state index in [-0.39, 0.29) is 5.69 Å². The number of hydrogen-bond acceptors (Lipinski definition) is 3. The fourth-order valence-electron chi connectivity index (χ4n) is 3.11. The van der Waals surface area contributed by atoms with Crippen LogP contribution in [0, 0.1) is 0 Å². The Labute approximate surface area is 163 Å². The molecule has 0 N–H and O–H groups in total. The predicted octanol–water partition coefficient (Wildman–Crippen LogP) is 6.20. The highest BCUT2D eigenvalue weighted by Crippen LogP contribution is 2.44. The Hall–Kier alpha value is -2.46. The number of aromatic nitrogens is 1. The summed E-state index contributed by atoms with van der Waals surface area (Å²) in [5, 5.41) is 1.42. The van der Waals surface area contributed by atoms with Gasteiger partial charge in [-0.05, 0) is 55.0 Å². The number of nitrogens with zero attached hydrogens (tertiary/aromatic N) is 1. The normalized spacial score (nSPS) is 13.0. The highest BCUT2D eigenvalue weighted by atomic mass is 35.5. The molecule has 1 aliphatic carbocycles. The Bertz CT molecular complexity index is 955. The molecule has 1 saturated carbocycles. The van der Waals surface area contributed by atoms with Gasteiger partial charge in [0.25, 0.3) is 0 Å². The van der Waals surface area contributed by atoms with E-state index in [1.165, 1.54) is 18.4 Å². The quantitative estimate of drug-likeness (QED) is 0.502. The molecular weight excluding hydrogens is 365 g/mol. The lowest BCUT2D eigenvalue weighted by atomic mass is 9.97. The van der Waals surface area contributed by atoms with E-state index in [2.05, 4.69) is 29.2 Å². The molecule has 27 heavy (non-hydrogen) atoms. The van der Waals surface area contributed by atoms with E-state index in [4.69, 9.17) is 16.3 Å². The first-order valence-electron chi connectivity index (χ1n) is 8.92. The standard InChI is InChI=1S/C21H18ClNO2.CH3F/c1-2-25-21(24)19-12-18(22)17-11-15(13-8-9-13)10-16(20(17)23-19)14-6-4-3-5-7-14;1-2/h3-7,10-13H,2,8-9H2,1H3;1H3. The molecule has 0 aliphatic heterocycles. The minimum atomic E-state index is -0.448. The van der Waals surface area contributed by atoms with E-state index in [1.54, 1.807) is 13.0 Å². The number of hydrogen-bond donors (Lipinski definition) is 0. The molecule has 0 radical (unpaired) electrons. The molecule has 4 rings (SSSR count). The summed E-state index contributed by atoms with van der Waals surface area (Å²) in [6.45, 7) is 2.08. The molecule has 0 atom stereocenters. The van der Waals surface area contributed by atoms with Gasteiger partial charge in [0.2, 0.25) is 0 Å². The molecule has 1 heterocycles. The van der Waals surface area contributed by atoms with E-state index in [9.17, 15) is 9.18 Å². The fraction of sp³-hybridized carbons (Fsp3) is 0.273. The second-order valence-electron chi connectivity index (χ2n) is 6.31. The molecule has 140 valence electrons. The van der Waals surface area contributed by atoms with Crippen LogP contribution in [0.15, 0.2) is 48.5 Å². The molecular formula is C22H21ClFNO2. The van der Waals surface area contributed by atoms with Crippen molar-refractivity contribution >= 4 is 28.5 Å². The van der Waals surface area contributed by atoms with Crippen molar-refractivity contribution in [2.75, 3.05) is 13.8 Å². The van der Waals surface area contributed by atoms with Crippen LogP contribution in [0.3, 0.4) is 0 Å². The summed E-state index contributed by atoms with van der Waals surface area (Å²) in [6.07, 6.45) is 2.43. The molecule has 0 spiro atoms. The zero-order valence-electron chi connectivity index (χ0n) is 15.3. The van der Waals surface area contributed by atoms with Crippen LogP contribution in [0.5, 0.6) is 0 Å². The maximum Gasteiger partial charge on any atom is 0.356 e. The highest BCUT2D eigenvalue weighted by molar-refractivity contribution is 6.36. The smallest absolute Gasteiger partial charge is 0.356 e. The van der Waals surface area contributed by atoms with E-state index < -0.39 is 5.97 Å². The summed E-state index contributed by atoms with van der Waals surface area (Å²) in [6, 6.07) is 16.0. The van der Waals surface area contributed by atoms with Crippen molar-refractivity contribution in [2.45, 2.75) is 25.7 Å². The van der Waals surface area contributed by atoms with Crippen LogP contribution in [-0.2, 0) is 4.74 Å². The lowest BCUT2D eigenvalue weighted by Gasteiger charge is -2.12. The summed E-state index contributed by atoms with van der Waals surface area (Å²) in [5.41, 5.74) is 4.36. The molecule has 3 nitrogen and oxygen atoms in total. The van der Waals surface area contributed by atoms with Crippen LogP contribution < -0.4 is 0 Å². The van der Waals surface area contributed by atoms with E-state index in [0.717, 1.165) is 22.0 Å². The monoisotopic (exact) mass is 385 g/mol. The minimum absolute atomic E-state index is 0.246. The SMILES string of the molecule is CCOC(=O)c1cc(Cl)c2cc(C3CC3)cc(-c3ccccc3)c2n1.CF. The molecule has 2 aromatic carbocycles. The number of carbonyl (C=O) groups is 1. The van der Waals surface area contributed by atoms with Crippen molar-refractivity contribution in [3.8, 4) is 11.1 Å². The summed E-state index contributed by atoms with van der Waals surface area (Å²) >= 11 is 6.52. The van der Waals surface area contributed by atoms with Crippen LogP contribution in [0.2, 0.25) is 5.02 Å². The van der Waals surface area contributed by atoms with Crippen molar-refractivity contribution in [3.05, 3.63) is 64.8 Å². The summed E-state index contributed by atoms with van der Waals surface area (Å²) in [5.74, 6) is 0.157. The van der Waals surface area contributed by atoms with Crippen LogP contribution in [0.4, 0.5) is 4.39 Å². The van der Waals surface area contributed by atoms with Crippen LogP contribution in [0.1, 0.15) is 41.7 Å². The average Bonchev–Trinajstić information content (AvgIpc) is 3.55. The van der Waals surface area contributed by atoms with E-state index in [0.29, 0.717) is 24.7 Å². The van der Waals surface area contributed by atoms with Crippen molar-refractivity contribution in [1.82, 2.24) is 4.98 Å². The van der Waals surface area contributed by atoms with Gasteiger partial charge < -0.3 is 4.74 Å². The molecule has 0 saturated heterocycles. The van der Waals surface area contributed by atoms with Crippen LogP contribution in [0.25, 0.3) is 22.0 Å². The van der Waals surface area contributed by atoms with Gasteiger partial charge in [-0.25, -0.2) is 9.78 Å². The van der Waals surface area contributed by atoms with Crippen molar-refractivity contribution in [3.63, 3.8) is 0 Å². The van der Waals surface area contributed by atoms with Gasteiger partial charge in [-0.1, -0.05) is 41.9 Å². The van der Waals surface area contributed by atoms with Gasteiger partial charge in [0.05, 0.1) is 24.3 Å². The van der Waals surface area contributed by atoms with Crippen molar-refractivity contribution in [2.24, 2.45) is 0 Å². The Morgan fingerprint density at radius 1 is 1.19 bits per heavy atom. The minimum Gasteiger partial charge on any atom is -0.461 e. The summed E-state index contributed by atoms with van der Waals surface area (Å²) < 4.78 is 14.6. The van der Waals surface area contributed by atoms with E-state index in [1.807, 2.05) is 18.2 Å². The number of fused-ring (bicyclic) bond motifs is 1. The Morgan fingerprint density at radius 3 is 2.52 bits per heavy atom. The van der Waals surface area contributed by atoms with Gasteiger partial charge in [0.15, 0.2) is 5.69 Å². The molecule has 0 bridgehead atoms. The zero-order valence-corrected chi connectivity index (χ0v) is 16.1. The van der Waals surface area contributed by atoms with Crippen LogP contribution in [-0.4, -0.2) is 24.7 Å². The number of rotatable bonds is 4. The number of esters is 1. The number of carbonyl (C=O) groups excluding carboxylic acids is 1. The topological polar surface area (TPSA) is 39.2 Å². The van der Waals surface area contributed by atoms with E-state index >= 15 is 0 Å². The largest absolute Gasteiger partial charge is 0.461 e. The van der Waals surface area contributed by atoms with Crippen molar-refractivity contribution in [1.29, 1.82) is 0 Å². The molecule has 0 amide bonds. The average molecular weight is 386 g/mol. The number of pyridine rings is 1. The van der Waals surface area contributed by atoms with Gasteiger partial charge in [0.1, 0.15) is 0 Å². The Balaban J connectivity index is 0.00000102. The molecule has 1 aromatic heterocycles. The van der Waals surface area contributed by atoms with Gasteiger partial charge in [-0.2, -0.15) is 0 Å². The lowest BCUT2D eigenvalue weighted by Crippen LogP contribution is -2.07. The Kier molecular flexibility index (Phi) is 6.07. The molecule has 0 unspecified atom stereocenters. The highest BCUT2D eigenvalue weighted by Gasteiger charge is 2.26. The summed E-state index contributed by atoms with van der Waals surface area (Å²) in [7, 11) is 0.500. The number of alkyl halides is 1. The van der Waals surface area contributed by atoms with Crippen LogP contribution >= 0.6 is 11.6 Å². The maximum atomic E-state index is 12.1. The maximum absolute atomic E-state index is 12.1. The number of ether oxygens (including phenoxy) is 1. The number of benzene rings is 2. The molecule has 3 aromatic rings. The lowest BCUT2D eigenvalue weighted by molar-refractivity contribution is 0.0520. The van der Waals surface area contributed by atoms with Gasteiger partial charge in [-0.3, -0.25) is 4.39 Å². The Morgan fingerprint density at radius 2 is 1.89 bits per heavy atom. The molecule has 1 fully saturated rings. The third-order valence-corrected chi connectivity index (χ3v) is 4.82. The third-order valence-electron chi connectivity index (χ3n) is 4.50. The van der Waals surface area contributed by atoms with Crippen molar-refractivity contribution < 1.29 is 13.9 Å². The number of halogens is 2.